The molecule has 0 aliphatic carbocycles. The molecular formula is C19H22N2OS. The maximum absolute atomic E-state index is 12.3. The highest BCUT2D eigenvalue weighted by atomic mass is 32.2. The Morgan fingerprint density at radius 2 is 1.96 bits per heavy atom. The van der Waals surface area contributed by atoms with E-state index in [-0.39, 0.29) is 5.91 Å². The second-order valence-corrected chi connectivity index (χ2v) is 7.52. The van der Waals surface area contributed by atoms with Crippen LogP contribution in [-0.4, -0.2) is 24.2 Å². The first-order chi connectivity index (χ1) is 11.1. The van der Waals surface area contributed by atoms with Gasteiger partial charge < -0.3 is 10.2 Å². The molecule has 1 atom stereocenters. The van der Waals surface area contributed by atoms with Crippen LogP contribution in [0.5, 0.6) is 0 Å². The van der Waals surface area contributed by atoms with Crippen LogP contribution in [0.25, 0.3) is 0 Å². The van der Waals surface area contributed by atoms with Crippen molar-refractivity contribution in [3.63, 3.8) is 0 Å². The first-order valence-electron chi connectivity index (χ1n) is 7.94. The minimum absolute atomic E-state index is 0.0690. The average molecular weight is 326 g/mol. The summed E-state index contributed by atoms with van der Waals surface area (Å²) >= 11 is 1.88. The van der Waals surface area contributed by atoms with E-state index in [1.165, 1.54) is 16.1 Å². The number of amides is 1. The lowest BCUT2D eigenvalue weighted by Crippen LogP contribution is -2.41. The van der Waals surface area contributed by atoms with Crippen molar-refractivity contribution in [3.8, 4) is 0 Å². The Labute approximate surface area is 142 Å². The highest BCUT2D eigenvalue weighted by molar-refractivity contribution is 8.00. The molecule has 3 rings (SSSR count). The number of aryl methyl sites for hydroxylation is 1. The molecule has 0 saturated carbocycles. The first-order valence-corrected chi connectivity index (χ1v) is 8.82. The molecule has 0 spiro atoms. The minimum Gasteiger partial charge on any atom is -0.360 e. The van der Waals surface area contributed by atoms with Crippen LogP contribution >= 0.6 is 11.8 Å². The highest BCUT2D eigenvalue weighted by Gasteiger charge is 2.23. The van der Waals surface area contributed by atoms with Gasteiger partial charge in [-0.25, -0.2) is 0 Å². The monoisotopic (exact) mass is 326 g/mol. The largest absolute Gasteiger partial charge is 0.360 e. The van der Waals surface area contributed by atoms with Crippen molar-refractivity contribution in [2.24, 2.45) is 0 Å². The summed E-state index contributed by atoms with van der Waals surface area (Å²) in [6.45, 7) is 6.17. The van der Waals surface area contributed by atoms with Crippen LogP contribution in [-0.2, 0) is 11.3 Å². The smallest absolute Gasteiger partial charge is 0.239 e. The molecule has 23 heavy (non-hydrogen) atoms. The molecule has 1 aliphatic rings. The van der Waals surface area contributed by atoms with Crippen LogP contribution in [0.15, 0.2) is 53.4 Å². The molecule has 2 aromatic carbocycles. The van der Waals surface area contributed by atoms with Gasteiger partial charge in [-0.2, -0.15) is 0 Å². The Morgan fingerprint density at radius 3 is 2.74 bits per heavy atom. The number of para-hydroxylation sites is 1. The van der Waals surface area contributed by atoms with Gasteiger partial charge in [0.05, 0.1) is 12.2 Å². The summed E-state index contributed by atoms with van der Waals surface area (Å²) in [5.74, 6) is 0.0690. The molecule has 0 aromatic heterocycles. The standard InChI is InChI=1S/C19H22N2OS/c1-14-7-9-16(10-8-14)11-20-19(22)13-21-12-15(2)23-18-6-4-3-5-17(18)21/h3-10,15H,11-13H2,1-2H3,(H,20,22)/t15-/m0/s1. The van der Waals surface area contributed by atoms with Crippen molar-refractivity contribution < 1.29 is 4.79 Å². The molecule has 1 aliphatic heterocycles. The summed E-state index contributed by atoms with van der Waals surface area (Å²) < 4.78 is 0. The third-order valence-corrected chi connectivity index (χ3v) is 5.11. The van der Waals surface area contributed by atoms with Crippen LogP contribution in [0, 0.1) is 6.92 Å². The zero-order valence-corrected chi connectivity index (χ0v) is 14.4. The predicted octanol–water partition coefficient (Wildman–Crippen LogP) is 3.61. The van der Waals surface area contributed by atoms with Crippen molar-refractivity contribution in [3.05, 3.63) is 59.7 Å². The van der Waals surface area contributed by atoms with E-state index >= 15 is 0 Å². The van der Waals surface area contributed by atoms with Gasteiger partial charge >= 0.3 is 0 Å². The minimum atomic E-state index is 0.0690. The number of nitrogens with one attached hydrogen (secondary N) is 1. The Morgan fingerprint density at radius 1 is 1.22 bits per heavy atom. The molecule has 3 nitrogen and oxygen atoms in total. The molecule has 0 saturated heterocycles. The lowest BCUT2D eigenvalue weighted by atomic mass is 10.1. The summed E-state index contributed by atoms with van der Waals surface area (Å²) in [7, 11) is 0. The number of hydrogen-bond acceptors (Lipinski definition) is 3. The fourth-order valence-electron chi connectivity index (χ4n) is 2.77. The average Bonchev–Trinajstić information content (AvgIpc) is 2.54. The molecule has 1 amide bonds. The van der Waals surface area contributed by atoms with Crippen molar-refractivity contribution in [1.29, 1.82) is 0 Å². The number of fused-ring (bicyclic) bond motifs is 1. The molecule has 120 valence electrons. The Balaban J connectivity index is 1.60. The quantitative estimate of drug-likeness (QED) is 0.931. The van der Waals surface area contributed by atoms with Gasteiger partial charge in [0, 0.05) is 23.2 Å². The number of anilines is 1. The second kappa shape index (κ2) is 7.09. The number of rotatable bonds is 4. The summed E-state index contributed by atoms with van der Waals surface area (Å²) in [4.78, 5) is 15.8. The molecule has 4 heteroatoms. The maximum Gasteiger partial charge on any atom is 0.239 e. The molecule has 0 radical (unpaired) electrons. The number of hydrogen-bond donors (Lipinski definition) is 1. The van der Waals surface area contributed by atoms with Gasteiger partial charge in [0.1, 0.15) is 0 Å². The molecule has 0 fully saturated rings. The molecule has 1 heterocycles. The van der Waals surface area contributed by atoms with E-state index in [0.717, 1.165) is 12.1 Å². The van der Waals surface area contributed by atoms with Crippen LogP contribution < -0.4 is 10.2 Å². The summed E-state index contributed by atoms with van der Waals surface area (Å²) in [5.41, 5.74) is 3.53. The Bertz CT molecular complexity index is 684. The summed E-state index contributed by atoms with van der Waals surface area (Å²) in [5, 5.41) is 3.52. The molecular weight excluding hydrogens is 304 g/mol. The van der Waals surface area contributed by atoms with Crippen molar-refractivity contribution in [1.82, 2.24) is 5.32 Å². The molecule has 2 aromatic rings. The fourth-order valence-corrected chi connectivity index (χ4v) is 3.93. The third kappa shape index (κ3) is 4.08. The van der Waals surface area contributed by atoms with Crippen LogP contribution in [0.2, 0.25) is 0 Å². The Kier molecular flexibility index (Phi) is 4.91. The topological polar surface area (TPSA) is 32.3 Å². The predicted molar refractivity (Wildman–Crippen MR) is 97.0 cm³/mol. The van der Waals surface area contributed by atoms with Gasteiger partial charge in [-0.05, 0) is 24.6 Å². The fraction of sp³-hybridized carbons (Fsp3) is 0.316. The Hall–Kier alpha value is -1.94. The van der Waals surface area contributed by atoms with Gasteiger partial charge in [-0.15, -0.1) is 11.8 Å². The van der Waals surface area contributed by atoms with E-state index in [9.17, 15) is 4.79 Å². The van der Waals surface area contributed by atoms with Crippen LogP contribution in [0.3, 0.4) is 0 Å². The summed E-state index contributed by atoms with van der Waals surface area (Å²) in [6, 6.07) is 16.6. The SMILES string of the molecule is Cc1ccc(CNC(=O)CN2C[C@H](C)Sc3ccccc32)cc1. The number of thioether (sulfide) groups is 1. The van der Waals surface area contributed by atoms with E-state index in [1.54, 1.807) is 0 Å². The van der Waals surface area contributed by atoms with Gasteiger partial charge in [0.25, 0.3) is 0 Å². The van der Waals surface area contributed by atoms with E-state index in [1.807, 2.05) is 17.8 Å². The van der Waals surface area contributed by atoms with Gasteiger partial charge in [-0.3, -0.25) is 4.79 Å². The van der Waals surface area contributed by atoms with E-state index in [4.69, 9.17) is 0 Å². The highest BCUT2D eigenvalue weighted by Crippen LogP contribution is 2.37. The van der Waals surface area contributed by atoms with E-state index < -0.39 is 0 Å². The lowest BCUT2D eigenvalue weighted by Gasteiger charge is -2.33. The summed E-state index contributed by atoms with van der Waals surface area (Å²) in [6.07, 6.45) is 0. The third-order valence-electron chi connectivity index (χ3n) is 3.96. The second-order valence-electron chi connectivity index (χ2n) is 6.04. The first kappa shape index (κ1) is 15.9. The molecule has 0 bridgehead atoms. The van der Waals surface area contributed by atoms with Crippen LogP contribution in [0.1, 0.15) is 18.1 Å². The number of carbonyl (C=O) groups excluding carboxylic acids is 1. The maximum atomic E-state index is 12.3. The van der Waals surface area contributed by atoms with Crippen molar-refractivity contribution in [2.75, 3.05) is 18.0 Å². The van der Waals surface area contributed by atoms with Gasteiger partial charge in [-0.1, -0.05) is 48.9 Å². The van der Waals surface area contributed by atoms with E-state index in [2.05, 4.69) is 66.5 Å². The van der Waals surface area contributed by atoms with Crippen molar-refractivity contribution in [2.45, 2.75) is 30.5 Å². The number of carbonyl (C=O) groups is 1. The van der Waals surface area contributed by atoms with Crippen LogP contribution in [0.4, 0.5) is 5.69 Å². The number of nitrogens with zero attached hydrogens (tertiary/aromatic N) is 1. The zero-order valence-electron chi connectivity index (χ0n) is 13.6. The molecule has 0 unspecified atom stereocenters. The van der Waals surface area contributed by atoms with E-state index in [0.29, 0.717) is 18.3 Å². The molecule has 1 N–H and O–H groups in total. The normalized spacial score (nSPS) is 16.8. The van der Waals surface area contributed by atoms with Crippen molar-refractivity contribution >= 4 is 23.4 Å². The van der Waals surface area contributed by atoms with Gasteiger partial charge in [0.15, 0.2) is 0 Å². The zero-order chi connectivity index (χ0) is 16.2. The number of benzene rings is 2. The lowest BCUT2D eigenvalue weighted by molar-refractivity contribution is -0.119. The van der Waals surface area contributed by atoms with Gasteiger partial charge in [0.2, 0.25) is 5.91 Å².